The van der Waals surface area contributed by atoms with Crippen molar-refractivity contribution < 1.29 is 18.0 Å². The van der Waals surface area contributed by atoms with E-state index in [1.54, 1.807) is 25.4 Å². The summed E-state index contributed by atoms with van der Waals surface area (Å²) in [6.45, 7) is 1.62. The van der Waals surface area contributed by atoms with Crippen LogP contribution in [0.2, 0.25) is 0 Å². The number of carbonyl (C=O) groups is 1. The molecule has 0 fully saturated rings. The molecule has 10 heteroatoms. The second-order valence-electron chi connectivity index (χ2n) is 6.90. The van der Waals surface area contributed by atoms with Crippen LogP contribution in [0, 0.1) is 6.92 Å². The molecule has 4 aromatic rings. The lowest BCUT2D eigenvalue weighted by atomic mass is 10.1. The van der Waals surface area contributed by atoms with Crippen LogP contribution in [0.5, 0.6) is 0 Å². The Kier molecular flexibility index (Phi) is 5.35. The molecule has 0 unspecified atom stereocenters. The number of rotatable bonds is 4. The van der Waals surface area contributed by atoms with E-state index in [0.29, 0.717) is 17.6 Å². The average molecular weight is 438 g/mol. The van der Waals surface area contributed by atoms with Gasteiger partial charge in [0.25, 0.3) is 5.91 Å². The van der Waals surface area contributed by atoms with Crippen LogP contribution in [-0.4, -0.2) is 25.7 Å². The minimum Gasteiger partial charge on any atom is -0.383 e. The number of nitrogen functional groups attached to an aromatic ring is 1. The molecule has 1 aromatic carbocycles. The van der Waals surface area contributed by atoms with Crippen molar-refractivity contribution in [1.82, 2.24) is 19.7 Å². The van der Waals surface area contributed by atoms with Crippen molar-refractivity contribution >= 4 is 17.5 Å². The molecule has 0 saturated carbocycles. The number of halogens is 3. The topological polar surface area (TPSA) is 98.7 Å². The number of hydrogen-bond donors (Lipinski definition) is 2. The molecule has 1 amide bonds. The summed E-state index contributed by atoms with van der Waals surface area (Å²) in [7, 11) is 0. The first-order valence-electron chi connectivity index (χ1n) is 9.45. The molecule has 0 bridgehead atoms. The van der Waals surface area contributed by atoms with Crippen LogP contribution >= 0.6 is 0 Å². The Bertz CT molecular complexity index is 1270. The van der Waals surface area contributed by atoms with Gasteiger partial charge in [0.15, 0.2) is 0 Å². The molecular weight excluding hydrogens is 421 g/mol. The van der Waals surface area contributed by atoms with Crippen molar-refractivity contribution in [2.75, 3.05) is 11.1 Å². The zero-order chi connectivity index (χ0) is 22.9. The number of para-hydroxylation sites is 1. The molecule has 4 rings (SSSR count). The number of hydrogen-bond acceptors (Lipinski definition) is 5. The highest BCUT2D eigenvalue weighted by molar-refractivity contribution is 6.08. The van der Waals surface area contributed by atoms with Gasteiger partial charge in [0, 0.05) is 29.7 Å². The first kappa shape index (κ1) is 21.0. The lowest BCUT2D eigenvalue weighted by Gasteiger charge is -2.11. The summed E-state index contributed by atoms with van der Waals surface area (Å²) < 4.78 is 39.6. The van der Waals surface area contributed by atoms with E-state index in [-0.39, 0.29) is 17.2 Å². The van der Waals surface area contributed by atoms with Gasteiger partial charge in [-0.25, -0.2) is 9.67 Å². The smallest absolute Gasteiger partial charge is 0.383 e. The second-order valence-corrected chi connectivity index (χ2v) is 6.90. The van der Waals surface area contributed by atoms with Gasteiger partial charge in [-0.3, -0.25) is 9.78 Å². The number of nitrogens with zero attached hydrogens (tertiary/aromatic N) is 4. The molecule has 32 heavy (non-hydrogen) atoms. The standard InChI is InChI=1S/C22H17F3N6O/c1-13-19(21(32)29-18-9-8-15(12-28-18)22(23,24)25)20(26)31(30-13)17-7-3-2-6-16(17)14-5-4-10-27-11-14/h2-12H,26H2,1H3,(H,28,29,32). The summed E-state index contributed by atoms with van der Waals surface area (Å²) in [5, 5.41) is 6.89. The van der Waals surface area contributed by atoms with Crippen LogP contribution < -0.4 is 11.1 Å². The summed E-state index contributed by atoms with van der Waals surface area (Å²) in [6, 6.07) is 13.0. The van der Waals surface area contributed by atoms with Crippen molar-refractivity contribution in [1.29, 1.82) is 0 Å². The number of aromatic nitrogens is 4. The molecule has 0 atom stereocenters. The molecule has 3 aromatic heterocycles. The third-order valence-corrected chi connectivity index (χ3v) is 4.76. The Labute approximate surface area is 180 Å². The average Bonchev–Trinajstić information content (AvgIpc) is 3.08. The predicted octanol–water partition coefficient (Wildman–Crippen LogP) is 4.49. The van der Waals surface area contributed by atoms with Gasteiger partial charge in [-0.15, -0.1) is 0 Å². The Morgan fingerprint density at radius 3 is 2.50 bits per heavy atom. The van der Waals surface area contributed by atoms with Gasteiger partial charge in [0.05, 0.1) is 16.9 Å². The van der Waals surface area contributed by atoms with Crippen molar-refractivity contribution in [2.45, 2.75) is 13.1 Å². The first-order chi connectivity index (χ1) is 15.3. The van der Waals surface area contributed by atoms with Gasteiger partial charge >= 0.3 is 6.18 Å². The summed E-state index contributed by atoms with van der Waals surface area (Å²) in [6.07, 6.45) is -0.496. The molecule has 0 spiro atoms. The fraction of sp³-hybridized carbons (Fsp3) is 0.0909. The monoisotopic (exact) mass is 438 g/mol. The largest absolute Gasteiger partial charge is 0.417 e. The third kappa shape index (κ3) is 4.02. The zero-order valence-corrected chi connectivity index (χ0v) is 16.8. The van der Waals surface area contributed by atoms with Crippen LogP contribution in [0.1, 0.15) is 21.6 Å². The number of carbonyl (C=O) groups excluding carboxylic acids is 1. The number of benzene rings is 1. The number of amides is 1. The summed E-state index contributed by atoms with van der Waals surface area (Å²) in [5.41, 5.74) is 8.12. The molecule has 0 aliphatic heterocycles. The number of pyridine rings is 2. The Morgan fingerprint density at radius 2 is 1.84 bits per heavy atom. The van der Waals surface area contributed by atoms with Crippen molar-refractivity contribution in [2.24, 2.45) is 0 Å². The van der Waals surface area contributed by atoms with E-state index in [0.717, 1.165) is 23.3 Å². The molecule has 7 nitrogen and oxygen atoms in total. The van der Waals surface area contributed by atoms with Crippen molar-refractivity contribution in [3.8, 4) is 16.8 Å². The fourth-order valence-electron chi connectivity index (χ4n) is 3.25. The molecule has 3 heterocycles. The summed E-state index contributed by atoms with van der Waals surface area (Å²) in [4.78, 5) is 20.6. The maximum Gasteiger partial charge on any atom is 0.417 e. The number of alkyl halides is 3. The minimum atomic E-state index is -4.51. The van der Waals surface area contributed by atoms with E-state index in [1.165, 1.54) is 4.68 Å². The van der Waals surface area contributed by atoms with Crippen LogP contribution in [0.4, 0.5) is 24.8 Å². The fourth-order valence-corrected chi connectivity index (χ4v) is 3.25. The Hall–Kier alpha value is -4.21. The molecule has 0 saturated heterocycles. The maximum atomic E-state index is 12.8. The van der Waals surface area contributed by atoms with E-state index in [4.69, 9.17) is 5.73 Å². The van der Waals surface area contributed by atoms with E-state index in [9.17, 15) is 18.0 Å². The van der Waals surface area contributed by atoms with Gasteiger partial charge in [-0.1, -0.05) is 24.3 Å². The number of aryl methyl sites for hydroxylation is 1. The lowest BCUT2D eigenvalue weighted by molar-refractivity contribution is -0.137. The second kappa shape index (κ2) is 8.14. The normalized spacial score (nSPS) is 11.4. The molecule has 0 aliphatic carbocycles. The maximum absolute atomic E-state index is 12.8. The summed E-state index contributed by atoms with van der Waals surface area (Å²) >= 11 is 0. The molecule has 0 aliphatic rings. The molecule has 0 radical (unpaired) electrons. The molecular formula is C22H17F3N6O. The van der Waals surface area contributed by atoms with Gasteiger partial charge in [0.2, 0.25) is 0 Å². The van der Waals surface area contributed by atoms with Crippen LogP contribution in [-0.2, 0) is 6.18 Å². The molecule has 162 valence electrons. The highest BCUT2D eigenvalue weighted by Crippen LogP contribution is 2.31. The highest BCUT2D eigenvalue weighted by atomic mass is 19.4. The number of nitrogens with one attached hydrogen (secondary N) is 1. The quantitative estimate of drug-likeness (QED) is 0.489. The van der Waals surface area contributed by atoms with E-state index in [2.05, 4.69) is 20.4 Å². The van der Waals surface area contributed by atoms with Gasteiger partial charge in [-0.2, -0.15) is 18.3 Å². The van der Waals surface area contributed by atoms with E-state index < -0.39 is 17.6 Å². The Morgan fingerprint density at radius 1 is 1.06 bits per heavy atom. The number of nitrogens with two attached hydrogens (primary N) is 1. The SMILES string of the molecule is Cc1nn(-c2ccccc2-c2cccnc2)c(N)c1C(=O)Nc1ccc(C(F)(F)F)cn1. The van der Waals surface area contributed by atoms with Gasteiger partial charge < -0.3 is 11.1 Å². The highest BCUT2D eigenvalue weighted by Gasteiger charge is 2.31. The van der Waals surface area contributed by atoms with Crippen LogP contribution in [0.15, 0.2) is 67.1 Å². The predicted molar refractivity (Wildman–Crippen MR) is 113 cm³/mol. The zero-order valence-electron chi connectivity index (χ0n) is 16.8. The third-order valence-electron chi connectivity index (χ3n) is 4.76. The van der Waals surface area contributed by atoms with Crippen LogP contribution in [0.3, 0.4) is 0 Å². The van der Waals surface area contributed by atoms with Gasteiger partial charge in [0.1, 0.15) is 17.2 Å². The van der Waals surface area contributed by atoms with Gasteiger partial charge in [-0.05, 0) is 31.2 Å². The summed E-state index contributed by atoms with van der Waals surface area (Å²) in [5.74, 6) is -0.578. The van der Waals surface area contributed by atoms with Crippen molar-refractivity contribution in [3.05, 3.63) is 83.9 Å². The van der Waals surface area contributed by atoms with E-state index in [1.807, 2.05) is 30.3 Å². The minimum absolute atomic E-state index is 0.0367. The number of anilines is 2. The lowest BCUT2D eigenvalue weighted by Crippen LogP contribution is -2.16. The molecule has 3 N–H and O–H groups in total. The first-order valence-corrected chi connectivity index (χ1v) is 9.45. The Balaban J connectivity index is 1.67. The van der Waals surface area contributed by atoms with Crippen LogP contribution in [0.25, 0.3) is 16.8 Å². The van der Waals surface area contributed by atoms with E-state index >= 15 is 0 Å². The van der Waals surface area contributed by atoms with Crippen molar-refractivity contribution in [3.63, 3.8) is 0 Å².